The van der Waals surface area contributed by atoms with Crippen LogP contribution in [0.3, 0.4) is 0 Å². The Hall–Kier alpha value is -0.830. The number of benzene rings is 1. The van der Waals surface area contributed by atoms with Crippen LogP contribution in [0.5, 0.6) is 0 Å². The Morgan fingerprint density at radius 1 is 1.40 bits per heavy atom. The molecule has 3 heteroatoms. The van der Waals surface area contributed by atoms with E-state index in [-0.39, 0.29) is 5.54 Å². The molecule has 1 aromatic carbocycles. The highest BCUT2D eigenvalue weighted by Crippen LogP contribution is 2.25. The van der Waals surface area contributed by atoms with E-state index in [1.54, 1.807) is 0 Å². The van der Waals surface area contributed by atoms with Crippen molar-refractivity contribution in [2.24, 2.45) is 4.99 Å². The first-order valence-corrected chi connectivity index (χ1v) is 5.77. The highest BCUT2D eigenvalue weighted by molar-refractivity contribution is 9.10. The summed E-state index contributed by atoms with van der Waals surface area (Å²) in [6.07, 6.45) is 0. The fourth-order valence-corrected chi connectivity index (χ4v) is 1.93. The number of rotatable bonds is 1. The smallest absolute Gasteiger partial charge is 0.217 e. The molecule has 80 valence electrons. The summed E-state index contributed by atoms with van der Waals surface area (Å²) < 4.78 is 6.71. The van der Waals surface area contributed by atoms with E-state index in [0.717, 1.165) is 15.9 Å². The maximum absolute atomic E-state index is 5.62. The summed E-state index contributed by atoms with van der Waals surface area (Å²) in [5.74, 6) is 0.763. The van der Waals surface area contributed by atoms with E-state index >= 15 is 0 Å². The van der Waals surface area contributed by atoms with Crippen molar-refractivity contribution in [2.45, 2.75) is 26.3 Å². The van der Waals surface area contributed by atoms with E-state index in [1.165, 1.54) is 5.56 Å². The molecule has 0 radical (unpaired) electrons. The Morgan fingerprint density at radius 3 is 2.73 bits per heavy atom. The van der Waals surface area contributed by atoms with Gasteiger partial charge in [0.05, 0.1) is 5.54 Å². The second-order valence-electron chi connectivity index (χ2n) is 4.43. The van der Waals surface area contributed by atoms with Gasteiger partial charge in [-0.3, -0.25) is 0 Å². The Bertz CT molecular complexity index is 424. The van der Waals surface area contributed by atoms with Crippen LogP contribution in [0.2, 0.25) is 0 Å². The fourth-order valence-electron chi connectivity index (χ4n) is 1.56. The number of hydrogen-bond acceptors (Lipinski definition) is 2. The number of nitrogens with zero attached hydrogens (tertiary/aromatic N) is 1. The van der Waals surface area contributed by atoms with Gasteiger partial charge in [0.15, 0.2) is 0 Å². The molecule has 0 saturated heterocycles. The summed E-state index contributed by atoms with van der Waals surface area (Å²) in [5.41, 5.74) is 2.16. The van der Waals surface area contributed by atoms with Crippen molar-refractivity contribution in [2.75, 3.05) is 6.61 Å². The largest absolute Gasteiger partial charge is 0.475 e. The minimum atomic E-state index is -0.0932. The van der Waals surface area contributed by atoms with Crippen LogP contribution in [-0.4, -0.2) is 18.0 Å². The lowest BCUT2D eigenvalue weighted by Crippen LogP contribution is -2.17. The second kappa shape index (κ2) is 3.63. The number of aliphatic imine (C=N–C) groups is 1. The molecular weight excluding hydrogens is 254 g/mol. The lowest BCUT2D eigenvalue weighted by Gasteiger charge is -2.07. The molecule has 15 heavy (non-hydrogen) atoms. The van der Waals surface area contributed by atoms with Gasteiger partial charge < -0.3 is 4.74 Å². The van der Waals surface area contributed by atoms with Crippen molar-refractivity contribution in [3.05, 3.63) is 33.8 Å². The summed E-state index contributed by atoms with van der Waals surface area (Å²) >= 11 is 3.51. The van der Waals surface area contributed by atoms with Crippen LogP contribution >= 0.6 is 15.9 Å². The summed E-state index contributed by atoms with van der Waals surface area (Å²) in [6, 6.07) is 6.07. The molecule has 1 aromatic rings. The average Bonchev–Trinajstić information content (AvgIpc) is 2.51. The Labute approximate surface area is 98.5 Å². The molecule has 0 aromatic heterocycles. The molecule has 2 rings (SSSR count). The van der Waals surface area contributed by atoms with E-state index in [9.17, 15) is 0 Å². The Balaban J connectivity index is 2.44. The normalized spacial score (nSPS) is 18.5. The zero-order valence-corrected chi connectivity index (χ0v) is 10.8. The van der Waals surface area contributed by atoms with Gasteiger partial charge in [-0.25, -0.2) is 4.99 Å². The first-order valence-electron chi connectivity index (χ1n) is 4.98. The molecule has 0 spiro atoms. The molecule has 1 aliphatic heterocycles. The summed E-state index contributed by atoms with van der Waals surface area (Å²) in [6.45, 7) is 6.88. The van der Waals surface area contributed by atoms with Crippen molar-refractivity contribution < 1.29 is 4.74 Å². The highest BCUT2D eigenvalue weighted by atomic mass is 79.9. The van der Waals surface area contributed by atoms with Gasteiger partial charge in [0, 0.05) is 10.0 Å². The molecule has 0 atom stereocenters. The molecule has 2 nitrogen and oxygen atoms in total. The predicted octanol–water partition coefficient (Wildman–Crippen LogP) is 3.31. The van der Waals surface area contributed by atoms with Gasteiger partial charge in [0.2, 0.25) is 5.90 Å². The van der Waals surface area contributed by atoms with Crippen LogP contribution in [0.25, 0.3) is 0 Å². The first-order chi connectivity index (χ1) is 6.99. The lowest BCUT2D eigenvalue weighted by atomic mass is 10.1. The van der Waals surface area contributed by atoms with E-state index in [4.69, 9.17) is 4.74 Å². The lowest BCUT2D eigenvalue weighted by molar-refractivity contribution is 0.279. The van der Waals surface area contributed by atoms with Crippen LogP contribution in [-0.2, 0) is 4.74 Å². The van der Waals surface area contributed by atoms with Gasteiger partial charge in [-0.2, -0.15) is 0 Å². The van der Waals surface area contributed by atoms with Gasteiger partial charge >= 0.3 is 0 Å². The molecule has 0 amide bonds. The maximum Gasteiger partial charge on any atom is 0.217 e. The minimum absolute atomic E-state index is 0.0932. The number of halogens is 1. The van der Waals surface area contributed by atoms with E-state index in [1.807, 2.05) is 18.2 Å². The fraction of sp³-hybridized carbons (Fsp3) is 0.417. The van der Waals surface area contributed by atoms with Crippen LogP contribution < -0.4 is 0 Å². The van der Waals surface area contributed by atoms with Gasteiger partial charge in [-0.1, -0.05) is 22.0 Å². The third kappa shape index (κ3) is 2.07. The Morgan fingerprint density at radius 2 is 2.13 bits per heavy atom. The molecule has 0 bridgehead atoms. The van der Waals surface area contributed by atoms with Crippen molar-refractivity contribution in [3.63, 3.8) is 0 Å². The average molecular weight is 268 g/mol. The van der Waals surface area contributed by atoms with E-state index in [0.29, 0.717) is 6.61 Å². The molecule has 0 N–H and O–H groups in total. The summed E-state index contributed by atoms with van der Waals surface area (Å²) in [4.78, 5) is 4.57. The van der Waals surface area contributed by atoms with Gasteiger partial charge in [0.25, 0.3) is 0 Å². The maximum atomic E-state index is 5.62. The molecular formula is C12H14BrNO. The molecule has 0 aliphatic carbocycles. The zero-order valence-electron chi connectivity index (χ0n) is 9.17. The minimum Gasteiger partial charge on any atom is -0.475 e. The van der Waals surface area contributed by atoms with Crippen molar-refractivity contribution in [3.8, 4) is 0 Å². The topological polar surface area (TPSA) is 21.6 Å². The molecule has 0 unspecified atom stereocenters. The van der Waals surface area contributed by atoms with Crippen LogP contribution in [0, 0.1) is 6.92 Å². The van der Waals surface area contributed by atoms with Gasteiger partial charge in [-0.05, 0) is 38.5 Å². The van der Waals surface area contributed by atoms with E-state index < -0.39 is 0 Å². The first kappa shape index (κ1) is 10.7. The van der Waals surface area contributed by atoms with Crippen molar-refractivity contribution in [1.82, 2.24) is 0 Å². The molecule has 1 aliphatic rings. The third-order valence-corrected chi connectivity index (χ3v) is 3.32. The number of ether oxygens (including phenoxy) is 1. The monoisotopic (exact) mass is 267 g/mol. The van der Waals surface area contributed by atoms with Gasteiger partial charge in [0.1, 0.15) is 6.61 Å². The number of hydrogen-bond donors (Lipinski definition) is 0. The quantitative estimate of drug-likeness (QED) is 0.765. The summed E-state index contributed by atoms with van der Waals surface area (Å²) in [5, 5.41) is 0. The molecule has 0 saturated carbocycles. The van der Waals surface area contributed by atoms with Crippen LogP contribution in [0.1, 0.15) is 25.0 Å². The highest BCUT2D eigenvalue weighted by Gasteiger charge is 2.27. The van der Waals surface area contributed by atoms with Gasteiger partial charge in [-0.15, -0.1) is 0 Å². The van der Waals surface area contributed by atoms with Crippen molar-refractivity contribution in [1.29, 1.82) is 0 Å². The Kier molecular flexibility index (Phi) is 2.59. The van der Waals surface area contributed by atoms with Crippen LogP contribution in [0.15, 0.2) is 27.7 Å². The van der Waals surface area contributed by atoms with Crippen LogP contribution in [0.4, 0.5) is 0 Å². The molecule has 0 fully saturated rings. The SMILES string of the molecule is Cc1c(Br)cccc1C1=NC(C)(C)CO1. The van der Waals surface area contributed by atoms with E-state index in [2.05, 4.69) is 41.7 Å². The predicted molar refractivity (Wildman–Crippen MR) is 65.4 cm³/mol. The summed E-state index contributed by atoms with van der Waals surface area (Å²) in [7, 11) is 0. The molecule has 1 heterocycles. The third-order valence-electron chi connectivity index (χ3n) is 2.46. The van der Waals surface area contributed by atoms with Crippen molar-refractivity contribution >= 4 is 21.8 Å². The standard InChI is InChI=1S/C12H14BrNO/c1-8-9(5-4-6-10(8)13)11-14-12(2,3)7-15-11/h4-6H,7H2,1-3H3. The second-order valence-corrected chi connectivity index (χ2v) is 5.28. The zero-order chi connectivity index (χ0) is 11.1.